The number of carbonyl (C=O) groups is 1. The first-order valence-electron chi connectivity index (χ1n) is 9.00. The molecule has 0 aromatic heterocycles. The van der Waals surface area contributed by atoms with Crippen molar-refractivity contribution < 1.29 is 26.7 Å². The van der Waals surface area contributed by atoms with Crippen molar-refractivity contribution in [3.8, 4) is 5.75 Å². The normalized spacial score (nSPS) is 11.5. The summed E-state index contributed by atoms with van der Waals surface area (Å²) in [7, 11) is -3.99. The standard InChI is InChI=1S/C21H16ClF2N3O4S/c22-18-6-1-2-7-19(18)27-32(29,30)17-5-3-4-15(12-17)20(28)26-25-13-14-8-10-16(11-9-14)31-21(23)24/h1-13,21,27H,(H,26,28). The predicted molar refractivity (Wildman–Crippen MR) is 117 cm³/mol. The van der Waals surface area contributed by atoms with Crippen LogP contribution in [0.25, 0.3) is 0 Å². The van der Waals surface area contributed by atoms with Crippen LogP contribution in [0.5, 0.6) is 5.75 Å². The number of benzene rings is 3. The SMILES string of the molecule is O=C(NN=Cc1ccc(OC(F)F)cc1)c1cccc(S(=O)(=O)Nc2ccccc2Cl)c1. The van der Waals surface area contributed by atoms with Crippen LogP contribution in [-0.4, -0.2) is 27.2 Å². The molecular weight excluding hydrogens is 464 g/mol. The Kier molecular flexibility index (Phi) is 7.39. The Morgan fingerprint density at radius 2 is 1.75 bits per heavy atom. The molecule has 3 aromatic carbocycles. The second-order valence-corrected chi connectivity index (χ2v) is 8.35. The first-order valence-corrected chi connectivity index (χ1v) is 10.9. The Labute approximate surface area is 187 Å². The fraction of sp³-hybridized carbons (Fsp3) is 0.0476. The fourth-order valence-electron chi connectivity index (χ4n) is 2.52. The molecule has 0 spiro atoms. The molecule has 1 amide bonds. The summed E-state index contributed by atoms with van der Waals surface area (Å²) in [4.78, 5) is 12.2. The van der Waals surface area contributed by atoms with Crippen LogP contribution in [0.2, 0.25) is 5.02 Å². The lowest BCUT2D eigenvalue weighted by Gasteiger charge is -2.10. The van der Waals surface area contributed by atoms with Gasteiger partial charge in [-0.3, -0.25) is 9.52 Å². The van der Waals surface area contributed by atoms with E-state index in [1.165, 1.54) is 60.8 Å². The molecule has 3 rings (SSSR count). The molecule has 32 heavy (non-hydrogen) atoms. The van der Waals surface area contributed by atoms with Gasteiger partial charge in [0.1, 0.15) is 5.75 Å². The van der Waals surface area contributed by atoms with E-state index in [4.69, 9.17) is 11.6 Å². The highest BCUT2D eigenvalue weighted by atomic mass is 35.5. The van der Waals surface area contributed by atoms with E-state index in [0.717, 1.165) is 0 Å². The van der Waals surface area contributed by atoms with Crippen molar-refractivity contribution >= 4 is 39.4 Å². The lowest BCUT2D eigenvalue weighted by Crippen LogP contribution is -2.19. The van der Waals surface area contributed by atoms with Crippen LogP contribution in [0, 0.1) is 0 Å². The second kappa shape index (κ2) is 10.2. The minimum Gasteiger partial charge on any atom is -0.435 e. The maximum Gasteiger partial charge on any atom is 0.387 e. The van der Waals surface area contributed by atoms with Crippen LogP contribution in [-0.2, 0) is 10.0 Å². The number of para-hydroxylation sites is 1. The summed E-state index contributed by atoms with van der Waals surface area (Å²) >= 11 is 5.99. The average molecular weight is 480 g/mol. The largest absolute Gasteiger partial charge is 0.435 e. The number of amides is 1. The van der Waals surface area contributed by atoms with Crippen molar-refractivity contribution in [2.45, 2.75) is 11.5 Å². The van der Waals surface area contributed by atoms with Gasteiger partial charge >= 0.3 is 6.61 Å². The van der Waals surface area contributed by atoms with Crippen LogP contribution in [0.4, 0.5) is 14.5 Å². The molecule has 0 saturated heterocycles. The Balaban J connectivity index is 1.67. The molecule has 0 aliphatic heterocycles. The second-order valence-electron chi connectivity index (χ2n) is 6.26. The van der Waals surface area contributed by atoms with Crippen LogP contribution in [0.1, 0.15) is 15.9 Å². The summed E-state index contributed by atoms with van der Waals surface area (Å²) in [5.41, 5.74) is 3.06. The number of alkyl halides is 2. The van der Waals surface area contributed by atoms with Crippen LogP contribution >= 0.6 is 11.6 Å². The zero-order valence-corrected chi connectivity index (χ0v) is 17.8. The van der Waals surface area contributed by atoms with E-state index in [0.29, 0.717) is 5.56 Å². The number of halogens is 3. The maximum atomic E-state index is 12.6. The third-order valence-corrected chi connectivity index (χ3v) is 5.70. The van der Waals surface area contributed by atoms with Crippen LogP contribution in [0.3, 0.4) is 0 Å². The number of sulfonamides is 1. The van der Waals surface area contributed by atoms with Crippen molar-refractivity contribution in [3.63, 3.8) is 0 Å². The Hall–Kier alpha value is -3.50. The molecule has 3 aromatic rings. The van der Waals surface area contributed by atoms with Crippen molar-refractivity contribution in [1.29, 1.82) is 0 Å². The number of carbonyl (C=O) groups excluding carboxylic acids is 1. The molecule has 7 nitrogen and oxygen atoms in total. The monoisotopic (exact) mass is 479 g/mol. The van der Waals surface area contributed by atoms with E-state index < -0.39 is 22.5 Å². The Morgan fingerprint density at radius 1 is 1.03 bits per heavy atom. The summed E-state index contributed by atoms with van der Waals surface area (Å²) in [6.07, 6.45) is 1.30. The van der Waals surface area contributed by atoms with Gasteiger partial charge in [-0.05, 0) is 60.2 Å². The van der Waals surface area contributed by atoms with Gasteiger partial charge in [0, 0.05) is 5.56 Å². The maximum absolute atomic E-state index is 12.6. The van der Waals surface area contributed by atoms with Gasteiger partial charge in [-0.2, -0.15) is 13.9 Å². The highest BCUT2D eigenvalue weighted by Crippen LogP contribution is 2.24. The van der Waals surface area contributed by atoms with Gasteiger partial charge in [0.15, 0.2) is 0 Å². The number of ether oxygens (including phenoxy) is 1. The van der Waals surface area contributed by atoms with Crippen molar-refractivity contribution in [1.82, 2.24) is 5.43 Å². The third-order valence-electron chi connectivity index (χ3n) is 4.01. The molecule has 0 heterocycles. The van der Waals surface area contributed by atoms with Gasteiger partial charge < -0.3 is 4.74 Å². The van der Waals surface area contributed by atoms with Gasteiger partial charge in [0.25, 0.3) is 15.9 Å². The van der Waals surface area contributed by atoms with Gasteiger partial charge in [0.05, 0.1) is 21.8 Å². The van der Waals surface area contributed by atoms with Gasteiger partial charge in [-0.15, -0.1) is 0 Å². The van der Waals surface area contributed by atoms with Crippen molar-refractivity contribution in [2.24, 2.45) is 5.10 Å². The Morgan fingerprint density at radius 3 is 2.44 bits per heavy atom. The molecule has 2 N–H and O–H groups in total. The predicted octanol–water partition coefficient (Wildman–Crippen LogP) is 4.51. The van der Waals surface area contributed by atoms with Gasteiger partial charge in [-0.1, -0.05) is 29.8 Å². The topological polar surface area (TPSA) is 96.9 Å². The molecule has 0 unspecified atom stereocenters. The van der Waals surface area contributed by atoms with Crippen molar-refractivity contribution in [3.05, 3.63) is 88.9 Å². The molecule has 0 radical (unpaired) electrons. The van der Waals surface area contributed by atoms with E-state index in [9.17, 15) is 22.0 Å². The minimum absolute atomic E-state index is 0.00962. The van der Waals surface area contributed by atoms with E-state index in [1.54, 1.807) is 18.2 Å². The number of rotatable bonds is 8. The summed E-state index contributed by atoms with van der Waals surface area (Å²) in [5, 5.41) is 4.01. The third kappa shape index (κ3) is 6.25. The van der Waals surface area contributed by atoms with Gasteiger partial charge in [-0.25, -0.2) is 13.8 Å². The van der Waals surface area contributed by atoms with E-state index in [2.05, 4.69) is 20.0 Å². The summed E-state index contributed by atoms with van der Waals surface area (Å²) in [6.45, 7) is -2.92. The zero-order chi connectivity index (χ0) is 23.1. The lowest BCUT2D eigenvalue weighted by atomic mass is 10.2. The van der Waals surface area contributed by atoms with E-state index >= 15 is 0 Å². The number of anilines is 1. The van der Waals surface area contributed by atoms with Gasteiger partial charge in [0.2, 0.25) is 0 Å². The first kappa shape index (κ1) is 23.2. The molecule has 0 atom stereocenters. The lowest BCUT2D eigenvalue weighted by molar-refractivity contribution is -0.0498. The smallest absolute Gasteiger partial charge is 0.387 e. The number of nitrogens with zero attached hydrogens (tertiary/aromatic N) is 1. The van der Waals surface area contributed by atoms with Crippen LogP contribution < -0.4 is 14.9 Å². The van der Waals surface area contributed by atoms with Crippen LogP contribution in [0.15, 0.2) is 82.8 Å². The number of hydrogen-bond acceptors (Lipinski definition) is 5. The highest BCUT2D eigenvalue weighted by Gasteiger charge is 2.17. The molecule has 0 fully saturated rings. The molecule has 0 saturated carbocycles. The zero-order valence-electron chi connectivity index (χ0n) is 16.2. The fourth-order valence-corrected chi connectivity index (χ4v) is 3.88. The summed E-state index contributed by atoms with van der Waals surface area (Å²) < 4.78 is 56.2. The van der Waals surface area contributed by atoms with E-state index in [-0.39, 0.29) is 26.9 Å². The number of hydrazone groups is 1. The van der Waals surface area contributed by atoms with E-state index in [1.807, 2.05) is 0 Å². The molecule has 166 valence electrons. The molecular formula is C21H16ClF2N3O4S. The number of hydrogen-bond donors (Lipinski definition) is 2. The quantitative estimate of drug-likeness (QED) is 0.367. The summed E-state index contributed by atoms with van der Waals surface area (Å²) in [6, 6.07) is 17.3. The molecule has 0 aliphatic rings. The summed E-state index contributed by atoms with van der Waals surface area (Å²) in [5.74, 6) is -0.654. The van der Waals surface area contributed by atoms with Crippen molar-refractivity contribution in [2.75, 3.05) is 4.72 Å². The molecule has 11 heteroatoms. The highest BCUT2D eigenvalue weighted by molar-refractivity contribution is 7.92. The Bertz CT molecular complexity index is 1240. The minimum atomic E-state index is -3.99. The average Bonchev–Trinajstić information content (AvgIpc) is 2.76. The molecule has 0 aliphatic carbocycles. The number of nitrogens with one attached hydrogen (secondary N) is 2. The first-order chi connectivity index (χ1) is 15.2. The molecule has 0 bridgehead atoms.